The average molecular weight is 329 g/mol. The topological polar surface area (TPSA) is 66.6 Å². The van der Waals surface area contributed by atoms with Crippen LogP contribution in [-0.4, -0.2) is 61.9 Å². The third-order valence-corrected chi connectivity index (χ3v) is 6.81. The smallest absolute Gasteiger partial charge is 0.215 e. The van der Waals surface area contributed by atoms with E-state index in [0.717, 1.165) is 30.2 Å². The number of nitrogen functional groups attached to an aromatic ring is 1. The van der Waals surface area contributed by atoms with Gasteiger partial charge in [-0.05, 0) is 30.8 Å². The summed E-state index contributed by atoms with van der Waals surface area (Å²) in [6.07, 6.45) is 0. The van der Waals surface area contributed by atoms with Crippen molar-refractivity contribution in [1.82, 2.24) is 9.21 Å². The number of hydrogen-bond donors (Lipinski definition) is 1. The summed E-state index contributed by atoms with van der Waals surface area (Å²) in [7, 11) is -3.13. The average Bonchev–Trinajstić information content (AvgIpc) is 2.49. The number of rotatable bonds is 6. The zero-order chi connectivity index (χ0) is 15.3. The summed E-state index contributed by atoms with van der Waals surface area (Å²) in [5, 5.41) is 0. The maximum absolute atomic E-state index is 12.3. The van der Waals surface area contributed by atoms with Crippen LogP contribution in [0.25, 0.3) is 0 Å². The molecule has 0 spiro atoms. The minimum atomic E-state index is -3.13. The molecule has 7 heteroatoms. The molecule has 1 fully saturated rings. The second-order valence-corrected chi connectivity index (χ2v) is 8.32. The standard InChI is InChI=1S/C14H23N3O2S2/c1-2-16-7-9-17(10-8-16)21(18,19)12-11-20-14-5-3-13(15)4-6-14/h3-6H,2,7-12,15H2,1H3. The number of piperazine rings is 1. The zero-order valence-electron chi connectivity index (χ0n) is 12.4. The number of nitrogens with two attached hydrogens (primary N) is 1. The van der Waals surface area contributed by atoms with Gasteiger partial charge in [0.15, 0.2) is 0 Å². The van der Waals surface area contributed by atoms with Gasteiger partial charge in [0.05, 0.1) is 5.75 Å². The summed E-state index contributed by atoms with van der Waals surface area (Å²) in [5.74, 6) is 0.758. The minimum absolute atomic E-state index is 0.189. The molecule has 0 atom stereocenters. The molecule has 0 aromatic heterocycles. The Balaban J connectivity index is 1.80. The maximum Gasteiger partial charge on any atom is 0.215 e. The van der Waals surface area contributed by atoms with E-state index in [-0.39, 0.29) is 5.75 Å². The quantitative estimate of drug-likeness (QED) is 0.630. The fraction of sp³-hybridized carbons (Fsp3) is 0.571. The summed E-state index contributed by atoms with van der Waals surface area (Å²) in [4.78, 5) is 3.32. The third kappa shape index (κ3) is 4.88. The lowest BCUT2D eigenvalue weighted by atomic mass is 10.3. The molecule has 0 unspecified atom stereocenters. The molecule has 1 aliphatic rings. The van der Waals surface area contributed by atoms with E-state index in [1.165, 1.54) is 0 Å². The Labute approximate surface area is 131 Å². The van der Waals surface area contributed by atoms with Crippen LogP contribution in [0, 0.1) is 0 Å². The molecule has 0 bridgehead atoms. The Hall–Kier alpha value is -0.760. The molecule has 0 saturated carbocycles. The first kappa shape index (κ1) is 16.6. The Bertz CT molecular complexity index is 538. The van der Waals surface area contributed by atoms with E-state index in [1.54, 1.807) is 16.1 Å². The van der Waals surface area contributed by atoms with Gasteiger partial charge >= 0.3 is 0 Å². The largest absolute Gasteiger partial charge is 0.399 e. The number of thioether (sulfide) groups is 1. The lowest BCUT2D eigenvalue weighted by molar-refractivity contribution is 0.196. The first-order valence-corrected chi connectivity index (χ1v) is 9.79. The second-order valence-electron chi connectivity index (χ2n) is 5.07. The van der Waals surface area contributed by atoms with E-state index >= 15 is 0 Å². The van der Waals surface area contributed by atoms with Crippen molar-refractivity contribution in [3.05, 3.63) is 24.3 Å². The highest BCUT2D eigenvalue weighted by molar-refractivity contribution is 8.00. The van der Waals surface area contributed by atoms with Gasteiger partial charge in [-0.25, -0.2) is 8.42 Å². The lowest BCUT2D eigenvalue weighted by Crippen LogP contribution is -2.49. The predicted molar refractivity (Wildman–Crippen MR) is 89.1 cm³/mol. The molecule has 1 aliphatic heterocycles. The van der Waals surface area contributed by atoms with Crippen LogP contribution in [0.15, 0.2) is 29.2 Å². The van der Waals surface area contributed by atoms with Gasteiger partial charge in [0, 0.05) is 42.5 Å². The minimum Gasteiger partial charge on any atom is -0.399 e. The van der Waals surface area contributed by atoms with Gasteiger partial charge in [0.2, 0.25) is 10.0 Å². The molecule has 5 nitrogen and oxygen atoms in total. The van der Waals surface area contributed by atoms with Crippen LogP contribution in [0.5, 0.6) is 0 Å². The van der Waals surface area contributed by atoms with Crippen molar-refractivity contribution < 1.29 is 8.42 Å². The van der Waals surface area contributed by atoms with Crippen molar-refractivity contribution in [1.29, 1.82) is 0 Å². The molecule has 0 amide bonds. The van der Waals surface area contributed by atoms with Crippen molar-refractivity contribution in [2.75, 3.05) is 50.0 Å². The molecule has 21 heavy (non-hydrogen) atoms. The fourth-order valence-corrected chi connectivity index (χ4v) is 5.00. The normalized spacial score (nSPS) is 18.0. The number of hydrogen-bond acceptors (Lipinski definition) is 5. The molecule has 0 aliphatic carbocycles. The SMILES string of the molecule is CCN1CCN(S(=O)(=O)CCSc2ccc(N)cc2)CC1. The maximum atomic E-state index is 12.3. The second kappa shape index (κ2) is 7.49. The summed E-state index contributed by atoms with van der Waals surface area (Å²) in [6, 6.07) is 7.51. The number of sulfonamides is 1. The van der Waals surface area contributed by atoms with Crippen molar-refractivity contribution in [2.45, 2.75) is 11.8 Å². The molecular weight excluding hydrogens is 306 g/mol. The van der Waals surface area contributed by atoms with Crippen LogP contribution in [-0.2, 0) is 10.0 Å². The summed E-state index contributed by atoms with van der Waals surface area (Å²) >= 11 is 1.55. The molecule has 1 heterocycles. The van der Waals surface area contributed by atoms with Gasteiger partial charge in [0.25, 0.3) is 0 Å². The van der Waals surface area contributed by atoms with Crippen molar-refractivity contribution in [3.8, 4) is 0 Å². The Morgan fingerprint density at radius 3 is 2.33 bits per heavy atom. The van der Waals surface area contributed by atoms with Crippen LogP contribution in [0.3, 0.4) is 0 Å². The van der Waals surface area contributed by atoms with Gasteiger partial charge in [-0.3, -0.25) is 0 Å². The van der Waals surface area contributed by atoms with Gasteiger partial charge in [-0.15, -0.1) is 11.8 Å². The van der Waals surface area contributed by atoms with Crippen LogP contribution in [0.4, 0.5) is 5.69 Å². The highest BCUT2D eigenvalue weighted by Crippen LogP contribution is 2.20. The van der Waals surface area contributed by atoms with Gasteiger partial charge in [0.1, 0.15) is 0 Å². The molecule has 118 valence electrons. The van der Waals surface area contributed by atoms with E-state index < -0.39 is 10.0 Å². The van der Waals surface area contributed by atoms with Gasteiger partial charge < -0.3 is 10.6 Å². The number of benzene rings is 1. The Kier molecular flexibility index (Phi) is 5.92. The summed E-state index contributed by atoms with van der Waals surface area (Å²) in [6.45, 7) is 5.99. The van der Waals surface area contributed by atoms with E-state index in [4.69, 9.17) is 5.73 Å². The van der Waals surface area contributed by atoms with Crippen molar-refractivity contribution in [3.63, 3.8) is 0 Å². The Morgan fingerprint density at radius 1 is 1.14 bits per heavy atom. The molecule has 1 aromatic carbocycles. The first-order valence-electron chi connectivity index (χ1n) is 7.20. The molecule has 2 rings (SSSR count). The summed E-state index contributed by atoms with van der Waals surface area (Å²) < 4.78 is 26.2. The number of likely N-dealkylation sites (N-methyl/N-ethyl adjacent to an activating group) is 1. The highest BCUT2D eigenvalue weighted by Gasteiger charge is 2.25. The lowest BCUT2D eigenvalue weighted by Gasteiger charge is -2.33. The van der Waals surface area contributed by atoms with Crippen molar-refractivity contribution in [2.24, 2.45) is 0 Å². The van der Waals surface area contributed by atoms with E-state index in [2.05, 4.69) is 11.8 Å². The molecule has 1 aromatic rings. The fourth-order valence-electron chi connectivity index (χ4n) is 2.28. The molecule has 2 N–H and O–H groups in total. The molecule has 1 saturated heterocycles. The van der Waals surface area contributed by atoms with E-state index in [9.17, 15) is 8.42 Å². The monoisotopic (exact) mass is 329 g/mol. The van der Waals surface area contributed by atoms with Gasteiger partial charge in [-0.1, -0.05) is 6.92 Å². The number of nitrogens with zero attached hydrogens (tertiary/aromatic N) is 2. The summed E-state index contributed by atoms with van der Waals surface area (Å²) in [5.41, 5.74) is 6.35. The van der Waals surface area contributed by atoms with Gasteiger partial charge in [-0.2, -0.15) is 4.31 Å². The number of anilines is 1. The van der Waals surface area contributed by atoms with Crippen LogP contribution < -0.4 is 5.73 Å². The first-order chi connectivity index (χ1) is 10.0. The van der Waals surface area contributed by atoms with Crippen LogP contribution >= 0.6 is 11.8 Å². The third-order valence-electron chi connectivity index (χ3n) is 3.66. The molecular formula is C14H23N3O2S2. The Morgan fingerprint density at radius 2 is 1.76 bits per heavy atom. The predicted octanol–water partition coefficient (Wildman–Crippen LogP) is 1.33. The van der Waals surface area contributed by atoms with Crippen LogP contribution in [0.1, 0.15) is 6.92 Å². The van der Waals surface area contributed by atoms with Crippen molar-refractivity contribution >= 4 is 27.5 Å². The zero-order valence-corrected chi connectivity index (χ0v) is 14.0. The van der Waals surface area contributed by atoms with E-state index in [1.807, 2.05) is 24.3 Å². The highest BCUT2D eigenvalue weighted by atomic mass is 32.2. The molecule has 0 radical (unpaired) electrons. The van der Waals surface area contributed by atoms with E-state index in [0.29, 0.717) is 18.8 Å². The van der Waals surface area contributed by atoms with Crippen LogP contribution in [0.2, 0.25) is 0 Å².